The van der Waals surface area contributed by atoms with Crippen molar-refractivity contribution in [2.45, 2.75) is 32.1 Å². The lowest BCUT2D eigenvalue weighted by atomic mass is 9.76. The lowest BCUT2D eigenvalue weighted by molar-refractivity contribution is 0.601. The van der Waals surface area contributed by atoms with Crippen LogP contribution in [0.15, 0.2) is 186 Å². The molecule has 59 heavy (non-hydrogen) atoms. The normalized spacial score (nSPS) is 18.0. The van der Waals surface area contributed by atoms with Gasteiger partial charge < -0.3 is 4.42 Å². The van der Waals surface area contributed by atoms with Crippen molar-refractivity contribution in [3.05, 3.63) is 205 Å². The number of benzene rings is 6. The predicted octanol–water partition coefficient (Wildman–Crippen LogP) is 14.2. The van der Waals surface area contributed by atoms with Crippen LogP contribution in [0.5, 0.6) is 0 Å². The number of pyridine rings is 1. The Hall–Kier alpha value is -7.17. The molecule has 0 saturated heterocycles. The highest BCUT2D eigenvalue weighted by Crippen LogP contribution is 2.43. The summed E-state index contributed by atoms with van der Waals surface area (Å²) in [4.78, 5) is 15.9. The smallest absolute Gasteiger partial charge is 0.162 e. The lowest BCUT2D eigenvalue weighted by Crippen LogP contribution is -2.20. The molecule has 0 spiro atoms. The average molecular weight is 760 g/mol. The second kappa shape index (κ2) is 14.0. The van der Waals surface area contributed by atoms with Crippen molar-refractivity contribution < 1.29 is 4.42 Å². The van der Waals surface area contributed by atoms with Crippen LogP contribution in [-0.4, -0.2) is 15.0 Å². The average Bonchev–Trinajstić information content (AvgIpc) is 3.69. The summed E-state index contributed by atoms with van der Waals surface area (Å²) in [6, 6.07) is 53.3. The molecule has 4 heteroatoms. The van der Waals surface area contributed by atoms with Gasteiger partial charge in [0.25, 0.3) is 0 Å². The number of allylic oxidation sites excluding steroid dienone is 8. The van der Waals surface area contributed by atoms with Gasteiger partial charge in [-0.2, -0.15) is 0 Å². The molecule has 6 aromatic carbocycles. The minimum atomic E-state index is -0.0560. The van der Waals surface area contributed by atoms with Crippen LogP contribution in [0.1, 0.15) is 49.3 Å². The maximum atomic E-state index is 6.64. The van der Waals surface area contributed by atoms with E-state index in [0.717, 1.165) is 96.2 Å². The van der Waals surface area contributed by atoms with Crippen LogP contribution >= 0.6 is 0 Å². The molecule has 0 amide bonds. The fourth-order valence-corrected chi connectivity index (χ4v) is 9.12. The van der Waals surface area contributed by atoms with E-state index in [0.29, 0.717) is 0 Å². The summed E-state index contributed by atoms with van der Waals surface area (Å²) in [5.74, 6) is 1.01. The molecule has 3 heterocycles. The zero-order chi connectivity index (χ0) is 39.5. The van der Waals surface area contributed by atoms with Gasteiger partial charge in [-0.15, -0.1) is 0 Å². The first-order valence-corrected chi connectivity index (χ1v) is 20.5. The van der Waals surface area contributed by atoms with E-state index in [4.69, 9.17) is 19.4 Å². The summed E-state index contributed by atoms with van der Waals surface area (Å²) in [7, 11) is 0. The second-order valence-corrected chi connectivity index (χ2v) is 16.3. The third-order valence-corrected chi connectivity index (χ3v) is 12.4. The van der Waals surface area contributed by atoms with E-state index in [9.17, 15) is 0 Å². The highest BCUT2D eigenvalue weighted by molar-refractivity contribution is 6.24. The number of hydrogen-bond acceptors (Lipinski definition) is 4. The van der Waals surface area contributed by atoms with Gasteiger partial charge >= 0.3 is 0 Å². The quantitative estimate of drug-likeness (QED) is 0.158. The van der Waals surface area contributed by atoms with Crippen LogP contribution in [0.25, 0.3) is 82.8 Å². The van der Waals surface area contributed by atoms with Gasteiger partial charge in [0, 0.05) is 38.1 Å². The molecule has 0 bridgehead atoms. The third kappa shape index (κ3) is 6.11. The first-order valence-electron chi connectivity index (χ1n) is 20.5. The van der Waals surface area contributed by atoms with Gasteiger partial charge in [0.15, 0.2) is 11.4 Å². The van der Waals surface area contributed by atoms with Gasteiger partial charge in [-0.1, -0.05) is 178 Å². The van der Waals surface area contributed by atoms with Crippen molar-refractivity contribution in [3.8, 4) is 22.5 Å². The van der Waals surface area contributed by atoms with Gasteiger partial charge in [0.2, 0.25) is 0 Å². The molecule has 2 atom stereocenters. The Morgan fingerprint density at radius 1 is 0.627 bits per heavy atom. The van der Waals surface area contributed by atoms with Gasteiger partial charge in [0.05, 0.1) is 16.9 Å². The van der Waals surface area contributed by atoms with Crippen LogP contribution in [0.4, 0.5) is 0 Å². The highest BCUT2D eigenvalue weighted by Gasteiger charge is 2.27. The number of para-hydroxylation sites is 1. The maximum Gasteiger partial charge on any atom is 0.162 e. The molecule has 282 valence electrons. The molecule has 2 aliphatic rings. The molecule has 0 fully saturated rings. The Kier molecular flexibility index (Phi) is 8.33. The Bertz CT molecular complexity index is 3240. The molecule has 0 radical (unpaired) electrons. The second-order valence-electron chi connectivity index (χ2n) is 16.3. The Balaban J connectivity index is 0.987. The van der Waals surface area contributed by atoms with Crippen molar-refractivity contribution in [2.24, 2.45) is 5.92 Å². The first kappa shape index (κ1) is 35.0. The third-order valence-electron chi connectivity index (χ3n) is 12.4. The van der Waals surface area contributed by atoms with Crippen LogP contribution in [-0.2, 0) is 5.41 Å². The molecular formula is C55H41N3O. The summed E-state index contributed by atoms with van der Waals surface area (Å²) in [6.45, 7) is 4.61. The summed E-state index contributed by atoms with van der Waals surface area (Å²) in [5.41, 5.74) is 13.5. The fourth-order valence-electron chi connectivity index (χ4n) is 9.12. The van der Waals surface area contributed by atoms with E-state index < -0.39 is 0 Å². The van der Waals surface area contributed by atoms with Crippen LogP contribution in [0, 0.1) is 5.92 Å². The summed E-state index contributed by atoms with van der Waals surface area (Å²) >= 11 is 0. The molecule has 4 nitrogen and oxygen atoms in total. The largest absolute Gasteiger partial charge is 0.454 e. The molecular weight excluding hydrogens is 719 g/mol. The number of furan rings is 1. The fraction of sp³-hybridized carbons (Fsp3) is 0.109. The molecule has 3 aromatic heterocycles. The summed E-state index contributed by atoms with van der Waals surface area (Å²) < 4.78 is 6.64. The zero-order valence-electron chi connectivity index (χ0n) is 33.1. The topological polar surface area (TPSA) is 51.8 Å². The van der Waals surface area contributed by atoms with Gasteiger partial charge in [-0.25, -0.2) is 15.0 Å². The minimum Gasteiger partial charge on any atom is -0.454 e. The first-order chi connectivity index (χ1) is 29.0. The van der Waals surface area contributed by atoms with Gasteiger partial charge in [-0.3, -0.25) is 0 Å². The van der Waals surface area contributed by atoms with Crippen molar-refractivity contribution in [2.75, 3.05) is 0 Å². The Labute approximate surface area is 343 Å². The van der Waals surface area contributed by atoms with Crippen LogP contribution < -0.4 is 0 Å². The number of hydrogen-bond donors (Lipinski definition) is 0. The van der Waals surface area contributed by atoms with Gasteiger partial charge in [0.1, 0.15) is 11.3 Å². The lowest BCUT2D eigenvalue weighted by Gasteiger charge is -2.28. The molecule has 0 aliphatic heterocycles. The molecule has 0 saturated carbocycles. The standard InChI is InChI=1S/C55H41N3O/c1-35-32-41(54-56-47(37-15-5-3-6-16-37)34-48(57-54)38-28-30-55(2,31-29-38)42-19-7-4-8-20-42)25-26-43(35)39-17-13-18-40(33-39)51-53-50(45-22-11-12-23-49(45)59-53)46-27-24-36-14-9-10-21-44(36)52(46)58-51/h3-30,33-35H,31-32H2,1-2H3. The molecule has 9 aromatic rings. The molecule has 0 N–H and O–H groups in total. The predicted molar refractivity (Wildman–Crippen MR) is 245 cm³/mol. The monoisotopic (exact) mass is 759 g/mol. The van der Waals surface area contributed by atoms with Crippen LogP contribution in [0.2, 0.25) is 0 Å². The van der Waals surface area contributed by atoms with Crippen LogP contribution in [0.3, 0.4) is 0 Å². The van der Waals surface area contributed by atoms with Gasteiger partial charge in [-0.05, 0) is 70.2 Å². The van der Waals surface area contributed by atoms with E-state index in [1.807, 2.05) is 18.2 Å². The number of nitrogens with zero attached hydrogens (tertiary/aromatic N) is 3. The molecule has 2 aliphatic carbocycles. The summed E-state index contributed by atoms with van der Waals surface area (Å²) in [5, 5.41) is 5.63. The van der Waals surface area contributed by atoms with E-state index in [-0.39, 0.29) is 11.3 Å². The van der Waals surface area contributed by atoms with Crippen molar-refractivity contribution in [1.82, 2.24) is 15.0 Å². The molecule has 11 rings (SSSR count). The Morgan fingerprint density at radius 3 is 2.17 bits per heavy atom. The summed E-state index contributed by atoms with van der Waals surface area (Å²) in [6.07, 6.45) is 13.1. The van der Waals surface area contributed by atoms with E-state index in [1.54, 1.807) is 0 Å². The minimum absolute atomic E-state index is 0.0560. The number of fused-ring (bicyclic) bond motifs is 7. The van der Waals surface area contributed by atoms with E-state index >= 15 is 0 Å². The highest BCUT2D eigenvalue weighted by atomic mass is 16.3. The van der Waals surface area contributed by atoms with Crippen molar-refractivity contribution >= 4 is 60.3 Å². The maximum absolute atomic E-state index is 6.64. The van der Waals surface area contributed by atoms with E-state index in [2.05, 4.69) is 178 Å². The van der Waals surface area contributed by atoms with Crippen molar-refractivity contribution in [3.63, 3.8) is 0 Å². The van der Waals surface area contributed by atoms with Crippen molar-refractivity contribution in [1.29, 1.82) is 0 Å². The SMILES string of the molecule is CC1CC(c2nc(C3=CCC(C)(c4ccccc4)C=C3)cc(-c3ccccc3)n2)=CC=C1c1cccc(-c2nc3c4ccccc4ccc3c3c2oc2ccccc23)c1. The molecule has 2 unspecified atom stereocenters. The van der Waals surface area contributed by atoms with E-state index in [1.165, 1.54) is 22.1 Å². The number of aromatic nitrogens is 3. The Morgan fingerprint density at radius 2 is 1.36 bits per heavy atom. The zero-order valence-corrected chi connectivity index (χ0v) is 33.1. The number of rotatable bonds is 6.